The molecule has 0 fully saturated rings. The van der Waals surface area contributed by atoms with Gasteiger partial charge in [-0.2, -0.15) is 0 Å². The van der Waals surface area contributed by atoms with Crippen molar-refractivity contribution in [3.05, 3.63) is 59.8 Å². The number of aryl methyl sites for hydroxylation is 1. The Morgan fingerprint density at radius 3 is 2.57 bits per heavy atom. The Balaban J connectivity index is 1.60. The second kappa shape index (κ2) is 7.89. The first-order valence-corrected chi connectivity index (χ1v) is 6.96. The molecule has 0 atom stereocenters. The van der Waals surface area contributed by atoms with Crippen molar-refractivity contribution in [2.24, 2.45) is 0 Å². The molecule has 0 aliphatic carbocycles. The van der Waals surface area contributed by atoms with Crippen LogP contribution in [-0.4, -0.2) is 24.1 Å². The Morgan fingerprint density at radius 1 is 1.05 bits per heavy atom. The van der Waals surface area contributed by atoms with E-state index in [1.807, 2.05) is 49.4 Å². The Labute approximate surface area is 124 Å². The molecule has 21 heavy (non-hydrogen) atoms. The number of amides is 2. The van der Waals surface area contributed by atoms with E-state index in [-0.39, 0.29) is 6.03 Å². The molecule has 0 spiro atoms. The molecular formula is C16H20N4O. The number of nitrogens with zero attached hydrogens (tertiary/aromatic N) is 1. The van der Waals surface area contributed by atoms with E-state index in [4.69, 9.17) is 0 Å². The molecule has 2 aromatic rings. The fraction of sp³-hybridized carbons (Fsp3) is 0.250. The minimum Gasteiger partial charge on any atom is -0.368 e. The first-order chi connectivity index (χ1) is 10.2. The summed E-state index contributed by atoms with van der Waals surface area (Å²) < 4.78 is 0. The normalized spacial score (nSPS) is 9.95. The largest absolute Gasteiger partial charge is 0.368 e. The van der Waals surface area contributed by atoms with Crippen LogP contribution >= 0.6 is 0 Å². The van der Waals surface area contributed by atoms with Crippen molar-refractivity contribution >= 4 is 11.8 Å². The second-order valence-corrected chi connectivity index (χ2v) is 4.74. The molecule has 0 aliphatic heterocycles. The van der Waals surface area contributed by atoms with Crippen LogP contribution in [0.15, 0.2) is 48.7 Å². The number of carbonyl (C=O) groups is 1. The average Bonchev–Trinajstić information content (AvgIpc) is 2.52. The Hall–Kier alpha value is -2.56. The van der Waals surface area contributed by atoms with Crippen molar-refractivity contribution in [2.75, 3.05) is 18.4 Å². The third-order valence-corrected chi connectivity index (χ3v) is 2.96. The molecule has 3 N–H and O–H groups in total. The maximum Gasteiger partial charge on any atom is 0.315 e. The number of hydrogen-bond acceptors (Lipinski definition) is 3. The highest BCUT2D eigenvalue weighted by Crippen LogP contribution is 2.02. The van der Waals surface area contributed by atoms with Gasteiger partial charge < -0.3 is 16.0 Å². The van der Waals surface area contributed by atoms with Crippen LogP contribution in [0.1, 0.15) is 11.1 Å². The second-order valence-electron chi connectivity index (χ2n) is 4.74. The number of nitrogens with one attached hydrogen (secondary N) is 3. The van der Waals surface area contributed by atoms with Gasteiger partial charge in [0.05, 0.1) is 0 Å². The molecular weight excluding hydrogens is 264 g/mol. The van der Waals surface area contributed by atoms with E-state index in [2.05, 4.69) is 20.9 Å². The van der Waals surface area contributed by atoms with Gasteiger partial charge in [0.15, 0.2) is 0 Å². The highest BCUT2D eigenvalue weighted by Gasteiger charge is 1.99. The number of pyridine rings is 1. The predicted molar refractivity (Wildman–Crippen MR) is 84.1 cm³/mol. The lowest BCUT2D eigenvalue weighted by Gasteiger charge is -2.09. The molecule has 1 aromatic heterocycles. The van der Waals surface area contributed by atoms with Crippen molar-refractivity contribution in [3.63, 3.8) is 0 Å². The number of benzene rings is 1. The van der Waals surface area contributed by atoms with Gasteiger partial charge >= 0.3 is 6.03 Å². The lowest BCUT2D eigenvalue weighted by Crippen LogP contribution is -2.37. The minimum atomic E-state index is -0.168. The maximum atomic E-state index is 11.6. The van der Waals surface area contributed by atoms with E-state index in [0.717, 1.165) is 11.4 Å². The van der Waals surface area contributed by atoms with Crippen LogP contribution in [0.5, 0.6) is 0 Å². The quantitative estimate of drug-likeness (QED) is 0.713. The fourth-order valence-electron chi connectivity index (χ4n) is 1.78. The van der Waals surface area contributed by atoms with Gasteiger partial charge in [0.25, 0.3) is 0 Å². The van der Waals surface area contributed by atoms with Crippen LogP contribution in [-0.2, 0) is 6.54 Å². The van der Waals surface area contributed by atoms with Gasteiger partial charge in [-0.25, -0.2) is 9.78 Å². The highest BCUT2D eigenvalue weighted by atomic mass is 16.2. The number of urea groups is 1. The third kappa shape index (κ3) is 5.52. The van der Waals surface area contributed by atoms with E-state index < -0.39 is 0 Å². The molecule has 2 rings (SSSR count). The number of aromatic nitrogens is 1. The van der Waals surface area contributed by atoms with Crippen molar-refractivity contribution < 1.29 is 4.79 Å². The zero-order valence-electron chi connectivity index (χ0n) is 12.1. The average molecular weight is 284 g/mol. The van der Waals surface area contributed by atoms with E-state index in [1.54, 1.807) is 6.20 Å². The summed E-state index contributed by atoms with van der Waals surface area (Å²) >= 11 is 0. The maximum absolute atomic E-state index is 11.6. The number of hydrogen-bond donors (Lipinski definition) is 3. The topological polar surface area (TPSA) is 66.1 Å². The summed E-state index contributed by atoms with van der Waals surface area (Å²) in [7, 11) is 0. The Bertz CT molecular complexity index is 554. The zero-order valence-corrected chi connectivity index (χ0v) is 12.1. The molecule has 0 saturated heterocycles. The predicted octanol–water partition coefficient (Wildman–Crippen LogP) is 2.30. The standard InChI is InChI=1S/C16H20N4O/c1-13-5-7-14(8-6-13)12-20-16(21)19-11-10-18-15-4-2-3-9-17-15/h2-9H,10-12H2,1H3,(H,17,18)(H2,19,20,21). The summed E-state index contributed by atoms with van der Waals surface area (Å²) in [6, 6.07) is 13.6. The monoisotopic (exact) mass is 284 g/mol. The molecule has 1 heterocycles. The Kier molecular flexibility index (Phi) is 5.58. The number of rotatable bonds is 6. The van der Waals surface area contributed by atoms with Gasteiger partial charge in [0, 0.05) is 25.8 Å². The summed E-state index contributed by atoms with van der Waals surface area (Å²) in [5.74, 6) is 0.805. The van der Waals surface area contributed by atoms with E-state index in [0.29, 0.717) is 19.6 Å². The van der Waals surface area contributed by atoms with E-state index in [1.165, 1.54) is 5.56 Å². The molecule has 2 amide bonds. The molecule has 0 saturated carbocycles. The summed E-state index contributed by atoms with van der Waals surface area (Å²) in [6.07, 6.45) is 1.73. The van der Waals surface area contributed by atoms with E-state index in [9.17, 15) is 4.79 Å². The molecule has 5 nitrogen and oxygen atoms in total. The first-order valence-electron chi connectivity index (χ1n) is 6.96. The summed E-state index contributed by atoms with van der Waals surface area (Å²) in [4.78, 5) is 15.8. The SMILES string of the molecule is Cc1ccc(CNC(=O)NCCNc2ccccn2)cc1. The van der Waals surface area contributed by atoms with Crippen LogP contribution in [0.2, 0.25) is 0 Å². The van der Waals surface area contributed by atoms with Gasteiger partial charge in [0.1, 0.15) is 5.82 Å². The fourth-order valence-corrected chi connectivity index (χ4v) is 1.78. The lowest BCUT2D eigenvalue weighted by molar-refractivity contribution is 0.241. The lowest BCUT2D eigenvalue weighted by atomic mass is 10.1. The molecule has 0 bridgehead atoms. The Morgan fingerprint density at radius 2 is 1.86 bits per heavy atom. The molecule has 0 radical (unpaired) electrons. The van der Waals surface area contributed by atoms with E-state index >= 15 is 0 Å². The molecule has 110 valence electrons. The molecule has 5 heteroatoms. The summed E-state index contributed by atoms with van der Waals surface area (Å²) in [6.45, 7) is 3.74. The smallest absolute Gasteiger partial charge is 0.315 e. The van der Waals surface area contributed by atoms with Crippen molar-refractivity contribution in [1.82, 2.24) is 15.6 Å². The van der Waals surface area contributed by atoms with Gasteiger partial charge in [0.2, 0.25) is 0 Å². The molecule has 0 unspecified atom stereocenters. The summed E-state index contributed by atoms with van der Waals surface area (Å²) in [5, 5.41) is 8.74. The highest BCUT2D eigenvalue weighted by molar-refractivity contribution is 5.73. The van der Waals surface area contributed by atoms with Crippen LogP contribution in [0.25, 0.3) is 0 Å². The van der Waals surface area contributed by atoms with Crippen LogP contribution in [0.4, 0.5) is 10.6 Å². The summed E-state index contributed by atoms with van der Waals surface area (Å²) in [5.41, 5.74) is 2.30. The zero-order chi connectivity index (χ0) is 14.9. The first kappa shape index (κ1) is 14.8. The molecule has 0 aliphatic rings. The van der Waals surface area contributed by atoms with Gasteiger partial charge in [-0.1, -0.05) is 35.9 Å². The third-order valence-electron chi connectivity index (χ3n) is 2.96. The van der Waals surface area contributed by atoms with Crippen molar-refractivity contribution in [3.8, 4) is 0 Å². The van der Waals surface area contributed by atoms with Crippen molar-refractivity contribution in [1.29, 1.82) is 0 Å². The van der Waals surface area contributed by atoms with Crippen LogP contribution in [0.3, 0.4) is 0 Å². The minimum absolute atomic E-state index is 0.168. The van der Waals surface area contributed by atoms with Gasteiger partial charge in [-0.15, -0.1) is 0 Å². The number of anilines is 1. The van der Waals surface area contributed by atoms with Crippen LogP contribution in [0, 0.1) is 6.92 Å². The van der Waals surface area contributed by atoms with Gasteiger partial charge in [-0.05, 0) is 24.6 Å². The van der Waals surface area contributed by atoms with Gasteiger partial charge in [-0.3, -0.25) is 0 Å². The van der Waals surface area contributed by atoms with Crippen molar-refractivity contribution in [2.45, 2.75) is 13.5 Å². The number of carbonyl (C=O) groups excluding carboxylic acids is 1. The van der Waals surface area contributed by atoms with Crippen LogP contribution < -0.4 is 16.0 Å². The molecule has 1 aromatic carbocycles.